The van der Waals surface area contributed by atoms with Crippen LogP contribution in [0.1, 0.15) is 23.2 Å². The van der Waals surface area contributed by atoms with Crippen LogP contribution in [0.2, 0.25) is 0 Å². The third kappa shape index (κ3) is 3.96. The SMILES string of the molecule is CN1CCC(NC(=O)c2ccc(N=C(N)N)cc2)CC1. The number of rotatable bonds is 3. The van der Waals surface area contributed by atoms with Gasteiger partial charge in [-0.1, -0.05) is 0 Å². The average molecular weight is 275 g/mol. The van der Waals surface area contributed by atoms with Gasteiger partial charge in [-0.3, -0.25) is 4.79 Å². The number of piperidine rings is 1. The van der Waals surface area contributed by atoms with Crippen LogP contribution in [0.3, 0.4) is 0 Å². The van der Waals surface area contributed by atoms with E-state index in [4.69, 9.17) is 11.5 Å². The first-order valence-corrected chi connectivity index (χ1v) is 6.73. The van der Waals surface area contributed by atoms with Crippen molar-refractivity contribution in [3.63, 3.8) is 0 Å². The van der Waals surface area contributed by atoms with Crippen molar-refractivity contribution in [1.29, 1.82) is 0 Å². The van der Waals surface area contributed by atoms with Crippen LogP contribution in [0.15, 0.2) is 29.3 Å². The fourth-order valence-corrected chi connectivity index (χ4v) is 2.26. The average Bonchev–Trinajstić information content (AvgIpc) is 2.41. The van der Waals surface area contributed by atoms with Gasteiger partial charge in [-0.2, -0.15) is 0 Å². The molecule has 1 aromatic carbocycles. The van der Waals surface area contributed by atoms with Gasteiger partial charge in [0.25, 0.3) is 5.91 Å². The van der Waals surface area contributed by atoms with Crippen molar-refractivity contribution in [2.45, 2.75) is 18.9 Å². The smallest absolute Gasteiger partial charge is 0.251 e. The molecular formula is C14H21N5O. The highest BCUT2D eigenvalue weighted by atomic mass is 16.1. The maximum Gasteiger partial charge on any atom is 0.251 e. The molecule has 0 saturated carbocycles. The molecule has 2 rings (SSSR count). The fraction of sp³-hybridized carbons (Fsp3) is 0.429. The minimum atomic E-state index is -0.0456. The van der Waals surface area contributed by atoms with Crippen LogP contribution in [0.4, 0.5) is 5.69 Å². The molecule has 1 aliphatic rings. The van der Waals surface area contributed by atoms with Gasteiger partial charge in [0.05, 0.1) is 5.69 Å². The van der Waals surface area contributed by atoms with Crippen LogP contribution in [0, 0.1) is 0 Å². The quantitative estimate of drug-likeness (QED) is 0.550. The largest absolute Gasteiger partial charge is 0.370 e. The lowest BCUT2D eigenvalue weighted by atomic mass is 10.0. The Kier molecular flexibility index (Phi) is 4.57. The number of guanidine groups is 1. The summed E-state index contributed by atoms with van der Waals surface area (Å²) in [7, 11) is 2.10. The Hall–Kier alpha value is -2.08. The minimum Gasteiger partial charge on any atom is -0.370 e. The van der Waals surface area contributed by atoms with Crippen molar-refractivity contribution in [2.24, 2.45) is 16.5 Å². The molecule has 0 atom stereocenters. The summed E-state index contributed by atoms with van der Waals surface area (Å²) in [5, 5.41) is 3.07. The summed E-state index contributed by atoms with van der Waals surface area (Å²) in [6, 6.07) is 7.17. The first-order valence-electron chi connectivity index (χ1n) is 6.73. The lowest BCUT2D eigenvalue weighted by molar-refractivity contribution is 0.0917. The Labute approximate surface area is 118 Å². The molecule has 6 nitrogen and oxygen atoms in total. The number of carbonyl (C=O) groups is 1. The molecule has 1 amide bonds. The van der Waals surface area contributed by atoms with E-state index < -0.39 is 0 Å². The number of benzene rings is 1. The summed E-state index contributed by atoms with van der Waals surface area (Å²) in [6.45, 7) is 2.04. The second kappa shape index (κ2) is 6.38. The lowest BCUT2D eigenvalue weighted by Gasteiger charge is -2.29. The van der Waals surface area contributed by atoms with Gasteiger partial charge in [-0.25, -0.2) is 4.99 Å². The van der Waals surface area contributed by atoms with Gasteiger partial charge in [0, 0.05) is 11.6 Å². The standard InChI is InChI=1S/C14H21N5O/c1-19-8-6-12(7-9-19)17-13(20)10-2-4-11(5-3-10)18-14(15)16/h2-5,12H,6-9H2,1H3,(H,17,20)(H4,15,16,18). The van der Waals surface area contributed by atoms with Crippen LogP contribution in [0.5, 0.6) is 0 Å². The highest BCUT2D eigenvalue weighted by Crippen LogP contribution is 2.14. The first kappa shape index (κ1) is 14.3. The molecule has 6 heteroatoms. The molecule has 20 heavy (non-hydrogen) atoms. The Morgan fingerprint density at radius 3 is 2.40 bits per heavy atom. The number of likely N-dealkylation sites (tertiary alicyclic amines) is 1. The van der Waals surface area contributed by atoms with Crippen molar-refractivity contribution >= 4 is 17.6 Å². The zero-order valence-electron chi connectivity index (χ0n) is 11.7. The predicted molar refractivity (Wildman–Crippen MR) is 79.9 cm³/mol. The van der Waals surface area contributed by atoms with Crippen LogP contribution in [-0.2, 0) is 0 Å². The molecule has 0 spiro atoms. The summed E-state index contributed by atoms with van der Waals surface area (Å²) < 4.78 is 0. The van der Waals surface area contributed by atoms with Gasteiger partial charge in [-0.15, -0.1) is 0 Å². The van der Waals surface area contributed by atoms with E-state index in [1.54, 1.807) is 24.3 Å². The van der Waals surface area contributed by atoms with Crippen molar-refractivity contribution < 1.29 is 4.79 Å². The van der Waals surface area contributed by atoms with E-state index in [1.165, 1.54) is 0 Å². The summed E-state index contributed by atoms with van der Waals surface area (Å²) in [5.41, 5.74) is 11.9. The molecule has 1 aromatic rings. The summed E-state index contributed by atoms with van der Waals surface area (Å²) in [6.07, 6.45) is 1.99. The first-order chi connectivity index (χ1) is 9.54. The van der Waals surface area contributed by atoms with E-state index in [2.05, 4.69) is 22.3 Å². The van der Waals surface area contributed by atoms with Crippen LogP contribution >= 0.6 is 0 Å². The van der Waals surface area contributed by atoms with E-state index >= 15 is 0 Å². The van der Waals surface area contributed by atoms with Crippen molar-refractivity contribution in [3.8, 4) is 0 Å². The molecule has 1 fully saturated rings. The molecule has 0 aliphatic carbocycles. The monoisotopic (exact) mass is 275 g/mol. The number of hydrogen-bond donors (Lipinski definition) is 3. The van der Waals surface area contributed by atoms with Gasteiger partial charge in [0.15, 0.2) is 5.96 Å². The van der Waals surface area contributed by atoms with Crippen LogP contribution in [0.25, 0.3) is 0 Å². The summed E-state index contributed by atoms with van der Waals surface area (Å²) >= 11 is 0. The van der Waals surface area contributed by atoms with Crippen LogP contribution in [-0.4, -0.2) is 42.9 Å². The van der Waals surface area contributed by atoms with Gasteiger partial charge < -0.3 is 21.7 Å². The van der Waals surface area contributed by atoms with Crippen molar-refractivity contribution in [3.05, 3.63) is 29.8 Å². The highest BCUT2D eigenvalue weighted by Gasteiger charge is 2.18. The molecule has 5 N–H and O–H groups in total. The third-order valence-electron chi connectivity index (χ3n) is 3.44. The Morgan fingerprint density at radius 1 is 1.25 bits per heavy atom. The fourth-order valence-electron chi connectivity index (χ4n) is 2.26. The maximum atomic E-state index is 12.1. The van der Waals surface area contributed by atoms with E-state index in [-0.39, 0.29) is 17.9 Å². The number of nitrogens with two attached hydrogens (primary N) is 2. The lowest BCUT2D eigenvalue weighted by Crippen LogP contribution is -2.43. The van der Waals surface area contributed by atoms with E-state index in [1.807, 2.05) is 0 Å². The normalized spacial score (nSPS) is 16.6. The molecule has 0 bridgehead atoms. The molecule has 0 aromatic heterocycles. The summed E-state index contributed by atoms with van der Waals surface area (Å²) in [5.74, 6) is -0.0377. The number of aliphatic imine (C=N–C) groups is 1. The second-order valence-electron chi connectivity index (χ2n) is 5.13. The molecule has 108 valence electrons. The third-order valence-corrected chi connectivity index (χ3v) is 3.44. The molecule has 0 radical (unpaired) electrons. The minimum absolute atomic E-state index is 0.00790. The zero-order valence-corrected chi connectivity index (χ0v) is 11.7. The van der Waals surface area contributed by atoms with Gasteiger partial charge in [-0.05, 0) is 57.2 Å². The number of amides is 1. The Balaban J connectivity index is 1.94. The molecule has 1 heterocycles. The van der Waals surface area contributed by atoms with Crippen molar-refractivity contribution in [1.82, 2.24) is 10.2 Å². The second-order valence-corrected chi connectivity index (χ2v) is 5.13. The topological polar surface area (TPSA) is 96.7 Å². The maximum absolute atomic E-state index is 12.1. The molecule has 1 saturated heterocycles. The van der Waals surface area contributed by atoms with E-state index in [0.29, 0.717) is 11.3 Å². The molecule has 1 aliphatic heterocycles. The van der Waals surface area contributed by atoms with Gasteiger partial charge >= 0.3 is 0 Å². The van der Waals surface area contributed by atoms with E-state index in [0.717, 1.165) is 25.9 Å². The van der Waals surface area contributed by atoms with Gasteiger partial charge in [0.2, 0.25) is 0 Å². The van der Waals surface area contributed by atoms with Crippen molar-refractivity contribution in [2.75, 3.05) is 20.1 Å². The highest BCUT2D eigenvalue weighted by molar-refractivity contribution is 5.94. The number of nitrogens with zero attached hydrogens (tertiary/aromatic N) is 2. The zero-order chi connectivity index (χ0) is 14.5. The Morgan fingerprint density at radius 2 is 1.85 bits per heavy atom. The van der Waals surface area contributed by atoms with Crippen LogP contribution < -0.4 is 16.8 Å². The number of nitrogens with one attached hydrogen (secondary N) is 1. The number of carbonyl (C=O) groups excluding carboxylic acids is 1. The number of hydrogen-bond acceptors (Lipinski definition) is 3. The predicted octanol–water partition coefficient (Wildman–Crippen LogP) is 0.416. The molecule has 0 unspecified atom stereocenters. The van der Waals surface area contributed by atoms with Gasteiger partial charge in [0.1, 0.15) is 0 Å². The molecular weight excluding hydrogens is 254 g/mol. The van der Waals surface area contributed by atoms with E-state index in [9.17, 15) is 4.79 Å². The Bertz CT molecular complexity index is 485. The summed E-state index contributed by atoms with van der Waals surface area (Å²) in [4.78, 5) is 18.3.